The van der Waals surface area contributed by atoms with E-state index in [1.54, 1.807) is 6.07 Å². The van der Waals surface area contributed by atoms with Crippen LogP contribution in [0.15, 0.2) is 16.6 Å². The second-order valence-electron chi connectivity index (χ2n) is 2.18. The van der Waals surface area contributed by atoms with Crippen LogP contribution in [0, 0.1) is 17.1 Å². The zero-order valence-corrected chi connectivity index (χ0v) is 9.11. The molecule has 1 aromatic carbocycles. The molecule has 0 radical (unpaired) electrons. The van der Waals surface area contributed by atoms with E-state index in [9.17, 15) is 4.39 Å². The van der Waals surface area contributed by atoms with Gasteiger partial charge >= 0.3 is 0 Å². The maximum atomic E-state index is 13.0. The molecule has 1 rings (SSSR count). The highest BCUT2D eigenvalue weighted by Gasteiger charge is 2.06. The quantitative estimate of drug-likeness (QED) is 0.728. The van der Waals surface area contributed by atoms with E-state index in [0.29, 0.717) is 10.9 Å². The average Bonchev–Trinajstić information content (AvgIpc) is 2.09. The van der Waals surface area contributed by atoms with Gasteiger partial charge in [0.1, 0.15) is 11.9 Å². The van der Waals surface area contributed by atoms with Crippen LogP contribution in [0.5, 0.6) is 0 Å². The lowest BCUT2D eigenvalue weighted by atomic mass is 10.1. The van der Waals surface area contributed by atoms with Gasteiger partial charge < -0.3 is 0 Å². The van der Waals surface area contributed by atoms with Crippen molar-refractivity contribution in [3.05, 3.63) is 33.5 Å². The molecular weight excluding hydrogens is 289 g/mol. The van der Waals surface area contributed by atoms with E-state index < -0.39 is 5.82 Å². The van der Waals surface area contributed by atoms with Gasteiger partial charge in [0.25, 0.3) is 0 Å². The minimum absolute atomic E-state index is 0.231. The molecule has 1 aromatic rings. The fourth-order valence-electron chi connectivity index (χ4n) is 0.804. The van der Waals surface area contributed by atoms with Crippen molar-refractivity contribution in [2.75, 3.05) is 0 Å². The molecule has 12 heavy (non-hydrogen) atoms. The van der Waals surface area contributed by atoms with Crippen LogP contribution in [0.1, 0.15) is 11.1 Å². The summed E-state index contributed by atoms with van der Waals surface area (Å²) in [6.07, 6.45) is 0. The molecular formula is C8H4Br2FN. The van der Waals surface area contributed by atoms with Gasteiger partial charge in [0.05, 0.1) is 10.0 Å². The molecule has 0 unspecified atom stereocenters. The molecule has 0 spiro atoms. The van der Waals surface area contributed by atoms with Crippen molar-refractivity contribution in [2.24, 2.45) is 0 Å². The maximum absolute atomic E-state index is 13.0. The standard InChI is InChI=1S/C8H4Br2FN/c9-3-5-1-6(4-12)8(10)7(11)2-5/h1-2H,3H2. The summed E-state index contributed by atoms with van der Waals surface area (Å²) in [5, 5.41) is 9.15. The molecule has 0 aromatic heterocycles. The molecule has 0 amide bonds. The van der Waals surface area contributed by atoms with Crippen LogP contribution < -0.4 is 0 Å². The van der Waals surface area contributed by atoms with Crippen LogP contribution >= 0.6 is 31.9 Å². The van der Waals surface area contributed by atoms with Gasteiger partial charge in [-0.1, -0.05) is 15.9 Å². The number of benzene rings is 1. The summed E-state index contributed by atoms with van der Waals surface area (Å²) in [4.78, 5) is 0. The van der Waals surface area contributed by atoms with Gasteiger partial charge in [-0.25, -0.2) is 4.39 Å². The summed E-state index contributed by atoms with van der Waals surface area (Å²) >= 11 is 6.18. The molecule has 0 bridgehead atoms. The van der Waals surface area contributed by atoms with Crippen molar-refractivity contribution in [1.82, 2.24) is 0 Å². The fourth-order valence-corrected chi connectivity index (χ4v) is 1.45. The normalized spacial score (nSPS) is 9.50. The first-order valence-electron chi connectivity index (χ1n) is 3.13. The Kier molecular flexibility index (Phi) is 3.24. The predicted molar refractivity (Wildman–Crippen MR) is 51.4 cm³/mol. The number of hydrogen-bond acceptors (Lipinski definition) is 1. The molecule has 0 heterocycles. The van der Waals surface area contributed by atoms with Gasteiger partial charge in [0, 0.05) is 5.33 Å². The first-order valence-corrected chi connectivity index (χ1v) is 5.04. The van der Waals surface area contributed by atoms with Gasteiger partial charge in [-0.15, -0.1) is 0 Å². The molecule has 1 nitrogen and oxygen atoms in total. The van der Waals surface area contributed by atoms with Gasteiger partial charge in [0.15, 0.2) is 0 Å². The van der Waals surface area contributed by atoms with Gasteiger partial charge in [-0.05, 0) is 33.6 Å². The Balaban J connectivity index is 3.31. The van der Waals surface area contributed by atoms with Gasteiger partial charge in [-0.2, -0.15) is 5.26 Å². The third-order valence-electron chi connectivity index (χ3n) is 1.36. The first kappa shape index (κ1) is 9.69. The van der Waals surface area contributed by atoms with Crippen LogP contribution in [0.2, 0.25) is 0 Å². The molecule has 0 aliphatic rings. The van der Waals surface area contributed by atoms with Crippen LogP contribution in [0.3, 0.4) is 0 Å². The minimum Gasteiger partial charge on any atom is -0.206 e. The Labute approximate surface area is 86.5 Å². The summed E-state index contributed by atoms with van der Waals surface area (Å²) in [6.45, 7) is 0. The van der Waals surface area contributed by atoms with Crippen molar-refractivity contribution in [3.8, 4) is 6.07 Å². The first-order chi connectivity index (χ1) is 5.69. The molecule has 62 valence electrons. The summed E-state index contributed by atoms with van der Waals surface area (Å²) in [7, 11) is 0. The summed E-state index contributed by atoms with van der Waals surface area (Å²) in [5.74, 6) is -0.400. The number of alkyl halides is 1. The molecule has 0 aliphatic carbocycles. The van der Waals surface area contributed by atoms with Crippen LogP contribution in [-0.2, 0) is 5.33 Å². The van der Waals surface area contributed by atoms with E-state index in [0.717, 1.165) is 5.56 Å². The summed E-state index contributed by atoms with van der Waals surface area (Å²) in [6, 6.07) is 4.93. The second kappa shape index (κ2) is 4.01. The van der Waals surface area contributed by atoms with E-state index in [2.05, 4.69) is 31.9 Å². The number of halogens is 3. The van der Waals surface area contributed by atoms with Gasteiger partial charge in [-0.3, -0.25) is 0 Å². The van der Waals surface area contributed by atoms with E-state index in [1.165, 1.54) is 6.07 Å². The van der Waals surface area contributed by atoms with E-state index in [1.807, 2.05) is 6.07 Å². The lowest BCUT2D eigenvalue weighted by Crippen LogP contribution is -1.87. The van der Waals surface area contributed by atoms with E-state index in [4.69, 9.17) is 5.26 Å². The SMILES string of the molecule is N#Cc1cc(CBr)cc(F)c1Br. The highest BCUT2D eigenvalue weighted by Crippen LogP contribution is 2.22. The Bertz CT molecular complexity index is 344. The Morgan fingerprint density at radius 2 is 2.17 bits per heavy atom. The van der Waals surface area contributed by atoms with Crippen molar-refractivity contribution >= 4 is 31.9 Å². The largest absolute Gasteiger partial charge is 0.206 e. The zero-order valence-electron chi connectivity index (χ0n) is 5.94. The number of hydrogen-bond donors (Lipinski definition) is 0. The highest BCUT2D eigenvalue weighted by atomic mass is 79.9. The Hall–Kier alpha value is -0.400. The van der Waals surface area contributed by atoms with Crippen LogP contribution in [0.4, 0.5) is 4.39 Å². The van der Waals surface area contributed by atoms with Crippen molar-refractivity contribution in [2.45, 2.75) is 5.33 Å². The van der Waals surface area contributed by atoms with Crippen molar-refractivity contribution < 1.29 is 4.39 Å². The lowest BCUT2D eigenvalue weighted by molar-refractivity contribution is 0.619. The van der Waals surface area contributed by atoms with Crippen molar-refractivity contribution in [3.63, 3.8) is 0 Å². The topological polar surface area (TPSA) is 23.8 Å². The summed E-state index contributed by atoms with van der Waals surface area (Å²) < 4.78 is 13.2. The van der Waals surface area contributed by atoms with E-state index >= 15 is 0 Å². The molecule has 4 heteroatoms. The predicted octanol–water partition coefficient (Wildman–Crippen LogP) is 3.35. The summed E-state index contributed by atoms with van der Waals surface area (Å²) in [5.41, 5.74) is 1.08. The second-order valence-corrected chi connectivity index (χ2v) is 3.54. The molecule has 0 N–H and O–H groups in total. The maximum Gasteiger partial charge on any atom is 0.139 e. The third kappa shape index (κ3) is 1.85. The zero-order chi connectivity index (χ0) is 9.14. The third-order valence-corrected chi connectivity index (χ3v) is 2.82. The van der Waals surface area contributed by atoms with Crippen LogP contribution in [0.25, 0.3) is 0 Å². The van der Waals surface area contributed by atoms with E-state index in [-0.39, 0.29) is 4.47 Å². The number of rotatable bonds is 1. The van der Waals surface area contributed by atoms with Gasteiger partial charge in [0.2, 0.25) is 0 Å². The van der Waals surface area contributed by atoms with Crippen LogP contribution in [-0.4, -0.2) is 0 Å². The number of nitriles is 1. The smallest absolute Gasteiger partial charge is 0.139 e. The fraction of sp³-hybridized carbons (Fsp3) is 0.125. The highest BCUT2D eigenvalue weighted by molar-refractivity contribution is 9.10. The molecule has 0 saturated carbocycles. The number of nitrogens with zero attached hydrogens (tertiary/aromatic N) is 1. The Morgan fingerprint density at radius 1 is 1.50 bits per heavy atom. The minimum atomic E-state index is -0.400. The lowest BCUT2D eigenvalue weighted by Gasteiger charge is -2.00. The average molecular weight is 293 g/mol. The molecule has 0 fully saturated rings. The monoisotopic (exact) mass is 291 g/mol. The molecule has 0 aliphatic heterocycles. The Morgan fingerprint density at radius 3 is 2.67 bits per heavy atom. The molecule has 0 saturated heterocycles. The molecule has 0 atom stereocenters. The van der Waals surface area contributed by atoms with Crippen molar-refractivity contribution in [1.29, 1.82) is 5.26 Å².